The Morgan fingerprint density at radius 2 is 2.00 bits per heavy atom. The molecule has 2 heterocycles. The number of hydrogen-bond donors (Lipinski definition) is 1. The van der Waals surface area contributed by atoms with E-state index in [1.54, 1.807) is 30.8 Å². The summed E-state index contributed by atoms with van der Waals surface area (Å²) in [5.41, 5.74) is 7.89. The molecule has 4 aromatic rings. The van der Waals surface area contributed by atoms with Crippen LogP contribution in [0.25, 0.3) is 11.3 Å². The van der Waals surface area contributed by atoms with Gasteiger partial charge in [-0.15, -0.1) is 22.7 Å². The second kappa shape index (κ2) is 9.10. The van der Waals surface area contributed by atoms with Gasteiger partial charge in [-0.1, -0.05) is 12.1 Å². The van der Waals surface area contributed by atoms with E-state index in [-0.39, 0.29) is 5.91 Å². The standard InChI is InChI=1S/C24H21N3O3S2/c1-29-22-10-18(7-8-21(22)30-11-19-12-31-14-25-19)23(28)27-24-26-20(13-32-24)17-6-5-15-3-2-4-16(15)9-17/h5-10,12-14H,2-4,11H2,1H3,(H,26,27,28). The van der Waals surface area contributed by atoms with E-state index in [1.807, 2.05) is 10.8 Å². The van der Waals surface area contributed by atoms with Gasteiger partial charge in [0.15, 0.2) is 16.6 Å². The SMILES string of the molecule is COc1cc(C(=O)Nc2nc(-c3ccc4c(c3)CCC4)cs2)ccc1OCc1cscn1. The maximum Gasteiger partial charge on any atom is 0.257 e. The third-order valence-corrected chi connectivity index (χ3v) is 6.80. The number of carbonyl (C=O) groups is 1. The van der Waals surface area contributed by atoms with Gasteiger partial charge in [0.25, 0.3) is 5.91 Å². The van der Waals surface area contributed by atoms with Crippen LogP contribution in [0, 0.1) is 0 Å². The number of aryl methyl sites for hydroxylation is 2. The van der Waals surface area contributed by atoms with Crippen LogP contribution >= 0.6 is 22.7 Å². The molecular formula is C24H21N3O3S2. The lowest BCUT2D eigenvalue weighted by Crippen LogP contribution is -2.12. The Kier molecular flexibility index (Phi) is 5.87. The van der Waals surface area contributed by atoms with Crippen LogP contribution in [0.4, 0.5) is 5.13 Å². The molecule has 0 fully saturated rings. The van der Waals surface area contributed by atoms with Gasteiger partial charge in [-0.05, 0) is 54.7 Å². The highest BCUT2D eigenvalue weighted by molar-refractivity contribution is 7.14. The lowest BCUT2D eigenvalue weighted by atomic mass is 10.1. The number of anilines is 1. The van der Waals surface area contributed by atoms with Gasteiger partial charge in [0, 0.05) is 21.9 Å². The van der Waals surface area contributed by atoms with E-state index in [4.69, 9.17) is 9.47 Å². The second-order valence-electron chi connectivity index (χ2n) is 7.46. The molecule has 0 saturated heterocycles. The van der Waals surface area contributed by atoms with Crippen molar-refractivity contribution in [2.75, 3.05) is 12.4 Å². The van der Waals surface area contributed by atoms with Crippen molar-refractivity contribution in [3.8, 4) is 22.8 Å². The highest BCUT2D eigenvalue weighted by Gasteiger charge is 2.16. The van der Waals surface area contributed by atoms with E-state index >= 15 is 0 Å². The van der Waals surface area contributed by atoms with Gasteiger partial charge in [0.05, 0.1) is 24.0 Å². The van der Waals surface area contributed by atoms with E-state index in [0.29, 0.717) is 28.8 Å². The largest absolute Gasteiger partial charge is 0.493 e. The zero-order valence-electron chi connectivity index (χ0n) is 17.5. The molecule has 1 aliphatic carbocycles. The van der Waals surface area contributed by atoms with Crippen molar-refractivity contribution < 1.29 is 14.3 Å². The first kappa shape index (κ1) is 20.7. The van der Waals surface area contributed by atoms with Crippen LogP contribution < -0.4 is 14.8 Å². The van der Waals surface area contributed by atoms with Crippen LogP contribution in [0.15, 0.2) is 52.7 Å². The fourth-order valence-electron chi connectivity index (χ4n) is 3.75. The van der Waals surface area contributed by atoms with Crippen molar-refractivity contribution in [2.24, 2.45) is 0 Å². The van der Waals surface area contributed by atoms with Crippen LogP contribution in [0.2, 0.25) is 0 Å². The summed E-state index contributed by atoms with van der Waals surface area (Å²) in [6, 6.07) is 11.6. The summed E-state index contributed by atoms with van der Waals surface area (Å²) in [6.45, 7) is 0.343. The summed E-state index contributed by atoms with van der Waals surface area (Å²) in [7, 11) is 1.55. The maximum absolute atomic E-state index is 12.8. The van der Waals surface area contributed by atoms with Gasteiger partial charge in [-0.2, -0.15) is 0 Å². The predicted octanol–water partition coefficient (Wildman–Crippen LogP) is 5.60. The van der Waals surface area contributed by atoms with Crippen LogP contribution in [0.1, 0.15) is 33.6 Å². The molecule has 1 aliphatic rings. The topological polar surface area (TPSA) is 73.3 Å². The summed E-state index contributed by atoms with van der Waals surface area (Å²) in [5, 5.41) is 7.36. The zero-order chi connectivity index (χ0) is 21.9. The average Bonchev–Trinajstić information content (AvgIpc) is 3.59. The number of rotatable bonds is 7. The van der Waals surface area contributed by atoms with E-state index < -0.39 is 0 Å². The molecule has 8 heteroatoms. The highest BCUT2D eigenvalue weighted by atomic mass is 32.1. The summed E-state index contributed by atoms with van der Waals surface area (Å²) >= 11 is 2.93. The van der Waals surface area contributed by atoms with Crippen LogP contribution in [0.5, 0.6) is 11.5 Å². The first-order chi connectivity index (χ1) is 15.7. The number of ether oxygens (including phenoxy) is 2. The molecule has 6 nitrogen and oxygen atoms in total. The fraction of sp³-hybridized carbons (Fsp3) is 0.208. The molecular weight excluding hydrogens is 442 g/mol. The molecule has 0 spiro atoms. The molecule has 1 N–H and O–H groups in total. The number of amides is 1. The lowest BCUT2D eigenvalue weighted by molar-refractivity contribution is 0.102. The number of benzene rings is 2. The minimum Gasteiger partial charge on any atom is -0.493 e. The molecule has 0 atom stereocenters. The van der Waals surface area contributed by atoms with Gasteiger partial charge in [0.1, 0.15) is 6.61 Å². The van der Waals surface area contributed by atoms with Crippen molar-refractivity contribution in [3.63, 3.8) is 0 Å². The number of aromatic nitrogens is 2. The minimum absolute atomic E-state index is 0.246. The van der Waals surface area contributed by atoms with Crippen molar-refractivity contribution in [3.05, 3.63) is 75.1 Å². The van der Waals surface area contributed by atoms with Crippen molar-refractivity contribution >= 4 is 33.7 Å². The smallest absolute Gasteiger partial charge is 0.257 e. The third kappa shape index (κ3) is 4.37. The molecule has 162 valence electrons. The van der Waals surface area contributed by atoms with Gasteiger partial charge < -0.3 is 9.47 Å². The zero-order valence-corrected chi connectivity index (χ0v) is 19.1. The summed E-state index contributed by atoms with van der Waals surface area (Å²) in [4.78, 5) is 21.6. The number of methoxy groups -OCH3 is 1. The fourth-order valence-corrected chi connectivity index (χ4v) is 5.01. The minimum atomic E-state index is -0.246. The Morgan fingerprint density at radius 3 is 2.84 bits per heavy atom. The van der Waals surface area contributed by atoms with Gasteiger partial charge in [-0.25, -0.2) is 9.97 Å². The molecule has 32 heavy (non-hydrogen) atoms. The van der Waals surface area contributed by atoms with E-state index in [2.05, 4.69) is 33.5 Å². The Hall–Kier alpha value is -3.23. The number of hydrogen-bond acceptors (Lipinski definition) is 7. The van der Waals surface area contributed by atoms with Gasteiger partial charge >= 0.3 is 0 Å². The van der Waals surface area contributed by atoms with Crippen molar-refractivity contribution in [1.29, 1.82) is 0 Å². The Balaban J connectivity index is 1.27. The van der Waals surface area contributed by atoms with E-state index in [1.165, 1.54) is 40.2 Å². The molecule has 0 radical (unpaired) electrons. The Morgan fingerprint density at radius 1 is 1.09 bits per heavy atom. The van der Waals surface area contributed by atoms with Gasteiger partial charge in [0.2, 0.25) is 0 Å². The molecule has 2 aromatic carbocycles. The van der Waals surface area contributed by atoms with Crippen LogP contribution in [-0.4, -0.2) is 23.0 Å². The Bertz CT molecular complexity index is 1250. The summed E-state index contributed by atoms with van der Waals surface area (Å²) < 4.78 is 11.2. The Labute approximate surface area is 193 Å². The normalized spacial score (nSPS) is 12.4. The maximum atomic E-state index is 12.8. The average molecular weight is 464 g/mol. The highest BCUT2D eigenvalue weighted by Crippen LogP contribution is 2.31. The molecule has 0 bridgehead atoms. The molecule has 0 aliphatic heterocycles. The van der Waals surface area contributed by atoms with Gasteiger partial charge in [-0.3, -0.25) is 10.1 Å². The molecule has 2 aromatic heterocycles. The third-order valence-electron chi connectivity index (χ3n) is 5.40. The van der Waals surface area contributed by atoms with E-state index in [0.717, 1.165) is 29.8 Å². The molecule has 0 saturated carbocycles. The number of fused-ring (bicyclic) bond motifs is 1. The monoisotopic (exact) mass is 463 g/mol. The number of nitrogens with one attached hydrogen (secondary N) is 1. The molecule has 5 rings (SSSR count). The second-order valence-corrected chi connectivity index (χ2v) is 9.04. The van der Waals surface area contributed by atoms with E-state index in [9.17, 15) is 4.79 Å². The first-order valence-corrected chi connectivity index (χ1v) is 12.1. The van der Waals surface area contributed by atoms with Crippen molar-refractivity contribution in [2.45, 2.75) is 25.9 Å². The first-order valence-electron chi connectivity index (χ1n) is 10.3. The summed E-state index contributed by atoms with van der Waals surface area (Å²) in [6.07, 6.45) is 3.50. The quantitative estimate of drug-likeness (QED) is 0.386. The van der Waals surface area contributed by atoms with Crippen LogP contribution in [-0.2, 0) is 19.4 Å². The predicted molar refractivity (Wildman–Crippen MR) is 127 cm³/mol. The summed E-state index contributed by atoms with van der Waals surface area (Å²) in [5.74, 6) is 0.806. The number of nitrogens with zero attached hydrogens (tertiary/aromatic N) is 2. The van der Waals surface area contributed by atoms with Crippen LogP contribution in [0.3, 0.4) is 0 Å². The number of carbonyl (C=O) groups excluding carboxylic acids is 1. The number of thiazole rings is 2. The molecule has 1 amide bonds. The lowest BCUT2D eigenvalue weighted by Gasteiger charge is -2.11. The molecule has 0 unspecified atom stereocenters. The van der Waals surface area contributed by atoms with Crippen molar-refractivity contribution in [1.82, 2.24) is 9.97 Å².